The number of amides is 2. The molecule has 11 nitrogen and oxygen atoms in total. The van der Waals surface area contributed by atoms with E-state index in [1.165, 1.54) is 12.6 Å². The van der Waals surface area contributed by atoms with E-state index in [0.29, 0.717) is 54.4 Å². The Hall–Kier alpha value is -4.28. The molecule has 206 valence electrons. The van der Waals surface area contributed by atoms with Gasteiger partial charge in [0.05, 0.1) is 24.3 Å². The van der Waals surface area contributed by atoms with Crippen molar-refractivity contribution in [2.45, 2.75) is 51.9 Å². The molecule has 0 radical (unpaired) electrons. The minimum absolute atomic E-state index is 0.182. The number of piperidine rings is 1. The third-order valence-corrected chi connectivity index (χ3v) is 6.65. The maximum absolute atomic E-state index is 13.2. The number of likely N-dealkylation sites (tertiary alicyclic amines) is 1. The highest BCUT2D eigenvalue weighted by atomic mass is 16.7. The first-order valence-electron chi connectivity index (χ1n) is 13.4. The van der Waals surface area contributed by atoms with Gasteiger partial charge in [-0.1, -0.05) is 25.5 Å². The minimum atomic E-state index is -0.647. The van der Waals surface area contributed by atoms with E-state index < -0.39 is 6.29 Å². The molecule has 1 aromatic carbocycles. The minimum Gasteiger partial charge on any atom is -0.494 e. The van der Waals surface area contributed by atoms with Gasteiger partial charge in [-0.2, -0.15) is 0 Å². The van der Waals surface area contributed by atoms with Crippen molar-refractivity contribution in [2.75, 3.05) is 26.3 Å². The van der Waals surface area contributed by atoms with Crippen molar-refractivity contribution >= 4 is 28.8 Å². The summed E-state index contributed by atoms with van der Waals surface area (Å²) in [6.07, 6.45) is 7.11. The van der Waals surface area contributed by atoms with Gasteiger partial charge in [-0.15, -0.1) is 0 Å². The van der Waals surface area contributed by atoms with E-state index in [0.717, 1.165) is 37.0 Å². The molecule has 39 heavy (non-hydrogen) atoms. The summed E-state index contributed by atoms with van der Waals surface area (Å²) in [5, 5.41) is 3.03. The average molecular weight is 536 g/mol. The molecule has 5 rings (SSSR count). The summed E-state index contributed by atoms with van der Waals surface area (Å²) in [7, 11) is 0. The van der Waals surface area contributed by atoms with E-state index in [9.17, 15) is 9.59 Å². The Balaban J connectivity index is 1.27. The van der Waals surface area contributed by atoms with E-state index >= 15 is 0 Å². The summed E-state index contributed by atoms with van der Waals surface area (Å²) in [6, 6.07) is 7.44. The summed E-state index contributed by atoms with van der Waals surface area (Å²) >= 11 is 0. The molecule has 2 atom stereocenters. The van der Waals surface area contributed by atoms with Crippen molar-refractivity contribution in [1.82, 2.24) is 25.2 Å². The SMILES string of the molecule is CCCCOc1cccc(C2OC=C(c3ncnc4c(C(=O)NC5CCCN(C(=O)OCC)C5)c[nH]c34)O2)c1. The van der Waals surface area contributed by atoms with Crippen LogP contribution in [0.15, 0.2) is 43.1 Å². The van der Waals surface area contributed by atoms with Crippen LogP contribution in [-0.2, 0) is 14.2 Å². The zero-order chi connectivity index (χ0) is 27.2. The maximum Gasteiger partial charge on any atom is 0.409 e. The second-order valence-electron chi connectivity index (χ2n) is 9.45. The lowest BCUT2D eigenvalue weighted by Crippen LogP contribution is -2.49. The third-order valence-electron chi connectivity index (χ3n) is 6.65. The molecule has 2 N–H and O–H groups in total. The van der Waals surface area contributed by atoms with Crippen molar-refractivity contribution < 1.29 is 28.5 Å². The number of benzene rings is 1. The maximum atomic E-state index is 13.2. The topological polar surface area (TPSA) is 128 Å². The fourth-order valence-electron chi connectivity index (χ4n) is 4.68. The number of carbonyl (C=O) groups excluding carboxylic acids is 2. The Morgan fingerprint density at radius 1 is 1.26 bits per heavy atom. The van der Waals surface area contributed by atoms with Crippen molar-refractivity contribution in [2.24, 2.45) is 0 Å². The fraction of sp³-hybridized carbons (Fsp3) is 0.429. The molecule has 1 fully saturated rings. The van der Waals surface area contributed by atoms with Gasteiger partial charge >= 0.3 is 6.09 Å². The van der Waals surface area contributed by atoms with Gasteiger partial charge in [0, 0.05) is 30.9 Å². The smallest absolute Gasteiger partial charge is 0.409 e. The molecule has 2 unspecified atom stereocenters. The largest absolute Gasteiger partial charge is 0.494 e. The van der Waals surface area contributed by atoms with Gasteiger partial charge in [0.25, 0.3) is 12.2 Å². The molecule has 4 heterocycles. The van der Waals surface area contributed by atoms with E-state index in [1.807, 2.05) is 24.3 Å². The van der Waals surface area contributed by atoms with Gasteiger partial charge in [-0.05, 0) is 38.3 Å². The third kappa shape index (κ3) is 5.92. The van der Waals surface area contributed by atoms with Crippen LogP contribution in [0.5, 0.6) is 5.75 Å². The predicted molar refractivity (Wildman–Crippen MR) is 143 cm³/mol. The monoisotopic (exact) mass is 535 g/mol. The molecular weight excluding hydrogens is 502 g/mol. The van der Waals surface area contributed by atoms with Crippen molar-refractivity contribution in [3.8, 4) is 5.75 Å². The number of aromatic amines is 1. The number of fused-ring (bicyclic) bond motifs is 1. The molecule has 2 amide bonds. The second kappa shape index (κ2) is 12.1. The molecule has 2 aromatic heterocycles. The van der Waals surface area contributed by atoms with Crippen LogP contribution in [-0.4, -0.2) is 64.2 Å². The Labute approximate surface area is 226 Å². The zero-order valence-corrected chi connectivity index (χ0v) is 22.1. The Morgan fingerprint density at radius 3 is 3.00 bits per heavy atom. The predicted octanol–water partition coefficient (Wildman–Crippen LogP) is 4.53. The molecule has 11 heteroatoms. The lowest BCUT2D eigenvalue weighted by atomic mass is 10.1. The summed E-state index contributed by atoms with van der Waals surface area (Å²) < 4.78 is 22.8. The van der Waals surface area contributed by atoms with Crippen LogP contribution in [0.1, 0.15) is 67.4 Å². The first kappa shape index (κ1) is 26.3. The zero-order valence-electron chi connectivity index (χ0n) is 22.1. The molecular formula is C28H33N5O6. The summed E-state index contributed by atoms with van der Waals surface area (Å²) in [5.41, 5.74) is 2.72. The highest BCUT2D eigenvalue weighted by Gasteiger charge is 2.29. The number of H-pyrrole nitrogens is 1. The van der Waals surface area contributed by atoms with Crippen molar-refractivity contribution in [1.29, 1.82) is 0 Å². The van der Waals surface area contributed by atoms with Crippen LogP contribution in [0.3, 0.4) is 0 Å². The number of nitrogens with one attached hydrogen (secondary N) is 2. The standard InChI is InChI=1S/C28H33N5O6/c1-3-5-12-37-20-10-6-8-18(13-20)27-38-16-22(39-27)24-25-23(30-17-31-24)21(14-29-25)26(34)32-19-9-7-11-33(15-19)28(35)36-4-2/h6,8,10,13-14,16-17,19,27,29H,3-5,7,9,11-12,15H2,1-2H3,(H,32,34). The number of unbranched alkanes of at least 4 members (excludes halogenated alkanes) is 1. The molecule has 0 bridgehead atoms. The van der Waals surface area contributed by atoms with E-state index in [1.54, 1.807) is 18.0 Å². The van der Waals surface area contributed by atoms with E-state index in [-0.39, 0.29) is 18.0 Å². The molecule has 1 saturated heterocycles. The van der Waals surface area contributed by atoms with Crippen LogP contribution in [0.25, 0.3) is 16.8 Å². The average Bonchev–Trinajstić information content (AvgIpc) is 3.62. The van der Waals surface area contributed by atoms with Crippen LogP contribution < -0.4 is 10.1 Å². The molecule has 0 spiro atoms. The lowest BCUT2D eigenvalue weighted by molar-refractivity contribution is -0.0173. The molecule has 0 saturated carbocycles. The van der Waals surface area contributed by atoms with Crippen LogP contribution in [0, 0.1) is 0 Å². The number of nitrogens with zero attached hydrogens (tertiary/aromatic N) is 3. The first-order valence-corrected chi connectivity index (χ1v) is 13.4. The number of aromatic nitrogens is 3. The highest BCUT2D eigenvalue weighted by molar-refractivity contribution is 6.06. The summed E-state index contributed by atoms with van der Waals surface area (Å²) in [6.45, 7) is 5.88. The summed E-state index contributed by atoms with van der Waals surface area (Å²) in [5.74, 6) is 0.905. The van der Waals surface area contributed by atoms with Crippen molar-refractivity contribution in [3.05, 3.63) is 59.9 Å². The molecule has 3 aromatic rings. The molecule has 0 aliphatic carbocycles. The number of hydrogen-bond donors (Lipinski definition) is 2. The number of ether oxygens (including phenoxy) is 4. The first-order chi connectivity index (χ1) is 19.1. The molecule has 2 aliphatic rings. The quantitative estimate of drug-likeness (QED) is 0.383. The van der Waals surface area contributed by atoms with Gasteiger partial charge in [0.15, 0.2) is 5.76 Å². The lowest BCUT2D eigenvalue weighted by Gasteiger charge is -2.32. The summed E-state index contributed by atoms with van der Waals surface area (Å²) in [4.78, 5) is 38.8. The van der Waals surface area contributed by atoms with Gasteiger partial charge in [-0.25, -0.2) is 14.8 Å². The van der Waals surface area contributed by atoms with E-state index in [4.69, 9.17) is 18.9 Å². The van der Waals surface area contributed by atoms with Crippen LogP contribution in [0.4, 0.5) is 4.79 Å². The van der Waals surface area contributed by atoms with Gasteiger partial charge in [-0.3, -0.25) is 4.79 Å². The number of rotatable bonds is 9. The molecule has 2 aliphatic heterocycles. The van der Waals surface area contributed by atoms with Crippen LogP contribution >= 0.6 is 0 Å². The van der Waals surface area contributed by atoms with Crippen molar-refractivity contribution in [3.63, 3.8) is 0 Å². The second-order valence-corrected chi connectivity index (χ2v) is 9.45. The van der Waals surface area contributed by atoms with E-state index in [2.05, 4.69) is 27.2 Å². The Bertz CT molecular complexity index is 1360. The normalized spacial score (nSPS) is 18.7. The van der Waals surface area contributed by atoms with Gasteiger partial charge in [0.2, 0.25) is 0 Å². The van der Waals surface area contributed by atoms with Gasteiger partial charge < -0.3 is 34.1 Å². The van der Waals surface area contributed by atoms with Gasteiger partial charge in [0.1, 0.15) is 29.5 Å². The Kier molecular flexibility index (Phi) is 8.14. The number of carbonyl (C=O) groups is 2. The highest BCUT2D eigenvalue weighted by Crippen LogP contribution is 2.36. The Morgan fingerprint density at radius 2 is 2.15 bits per heavy atom. The fourth-order valence-corrected chi connectivity index (χ4v) is 4.68. The van der Waals surface area contributed by atoms with Crippen LogP contribution in [0.2, 0.25) is 0 Å². The number of hydrogen-bond acceptors (Lipinski definition) is 8.